The zero-order chi connectivity index (χ0) is 26.0. The van der Waals surface area contributed by atoms with Crippen molar-refractivity contribution in [1.29, 1.82) is 0 Å². The summed E-state index contributed by atoms with van der Waals surface area (Å²) >= 11 is 0. The van der Waals surface area contributed by atoms with Crippen molar-refractivity contribution in [3.05, 3.63) is 64.5 Å². The summed E-state index contributed by atoms with van der Waals surface area (Å²) in [4.78, 5) is 31.4. The van der Waals surface area contributed by atoms with Crippen molar-refractivity contribution in [3.8, 4) is 11.1 Å². The lowest BCUT2D eigenvalue weighted by atomic mass is 10.0. The first-order valence-electron chi connectivity index (χ1n) is 11.0. The molecule has 0 aliphatic carbocycles. The molecule has 0 bridgehead atoms. The molecular weight excluding hydrogens is 475 g/mol. The zero-order valence-electron chi connectivity index (χ0n) is 20.1. The Morgan fingerprint density at radius 2 is 1.91 bits per heavy atom. The van der Waals surface area contributed by atoms with Crippen molar-refractivity contribution < 1.29 is 22.8 Å². The first-order valence-corrected chi connectivity index (χ1v) is 12.9. The van der Waals surface area contributed by atoms with Gasteiger partial charge in [0.1, 0.15) is 5.82 Å². The molecule has 1 amide bonds. The monoisotopic (exact) mass is 504 g/mol. The maximum Gasteiger partial charge on any atom is 0.264 e. The second kappa shape index (κ2) is 10.2. The van der Waals surface area contributed by atoms with Crippen molar-refractivity contribution >= 4 is 26.6 Å². The first kappa shape index (κ1) is 26.5. The third-order valence-corrected chi connectivity index (χ3v) is 8.43. The number of rotatable bonds is 9. The molecule has 1 aromatic heterocycles. The molecule has 35 heavy (non-hydrogen) atoms. The maximum absolute atomic E-state index is 15.0. The number of carbonyl (C=O) groups excluding carboxylic acids is 1. The van der Waals surface area contributed by atoms with E-state index in [1.165, 1.54) is 17.9 Å². The van der Waals surface area contributed by atoms with Crippen LogP contribution in [0.2, 0.25) is 0 Å². The molecule has 0 radical (unpaired) electrons. The standard InChI is InChI=1S/C24H29FN4O5S/c1-5-28(3)14-16-6-8-17(9-7-16)18-13-21-19(12-20(18)25)22(30)29(15-26-21)11-10-24(2,23(31)27-32)35(4,33)34/h6-9,12-13,15,32H,5,10-11,14H2,1-4H3,(H,27,31)/t24-/m1/s1. The molecule has 3 rings (SSSR count). The maximum atomic E-state index is 15.0. The fraction of sp³-hybridized carbons (Fsp3) is 0.375. The van der Waals surface area contributed by atoms with Gasteiger partial charge in [0.05, 0.1) is 17.2 Å². The molecular formula is C24H29FN4O5S. The van der Waals surface area contributed by atoms with Gasteiger partial charge in [0, 0.05) is 24.9 Å². The van der Waals surface area contributed by atoms with Gasteiger partial charge in [0.2, 0.25) is 0 Å². The van der Waals surface area contributed by atoms with Crippen LogP contribution in [0.4, 0.5) is 4.39 Å². The van der Waals surface area contributed by atoms with Crippen molar-refractivity contribution in [2.75, 3.05) is 19.8 Å². The van der Waals surface area contributed by atoms with E-state index in [2.05, 4.69) is 16.8 Å². The van der Waals surface area contributed by atoms with Crippen molar-refractivity contribution in [1.82, 2.24) is 19.9 Å². The molecule has 9 nitrogen and oxygen atoms in total. The number of nitrogens with zero attached hydrogens (tertiary/aromatic N) is 3. The van der Waals surface area contributed by atoms with Crippen LogP contribution >= 0.6 is 0 Å². The topological polar surface area (TPSA) is 122 Å². The second-order valence-corrected chi connectivity index (χ2v) is 11.3. The summed E-state index contributed by atoms with van der Waals surface area (Å²) in [5, 5.41) is 8.98. The molecule has 188 valence electrons. The normalized spacial score (nSPS) is 13.7. The number of nitrogens with one attached hydrogen (secondary N) is 1. The van der Waals surface area contributed by atoms with E-state index in [9.17, 15) is 18.0 Å². The zero-order valence-corrected chi connectivity index (χ0v) is 20.9. The van der Waals surface area contributed by atoms with Crippen LogP contribution in [0, 0.1) is 5.82 Å². The average molecular weight is 505 g/mol. The van der Waals surface area contributed by atoms with Crippen molar-refractivity contribution in [2.24, 2.45) is 0 Å². The second-order valence-electron chi connectivity index (χ2n) is 8.81. The van der Waals surface area contributed by atoms with Gasteiger partial charge in [0.25, 0.3) is 11.5 Å². The van der Waals surface area contributed by atoms with Gasteiger partial charge >= 0.3 is 0 Å². The Bertz CT molecular complexity index is 1410. The van der Waals surface area contributed by atoms with E-state index < -0.39 is 31.9 Å². The number of sulfone groups is 1. The molecule has 0 spiro atoms. The van der Waals surface area contributed by atoms with E-state index in [-0.39, 0.29) is 23.9 Å². The Morgan fingerprint density at radius 1 is 1.26 bits per heavy atom. The van der Waals surface area contributed by atoms with Gasteiger partial charge < -0.3 is 4.90 Å². The molecule has 2 aromatic carbocycles. The fourth-order valence-electron chi connectivity index (χ4n) is 3.69. The lowest BCUT2D eigenvalue weighted by Gasteiger charge is -2.25. The predicted molar refractivity (Wildman–Crippen MR) is 131 cm³/mol. The number of aromatic nitrogens is 2. The Kier molecular flexibility index (Phi) is 7.73. The first-order chi connectivity index (χ1) is 16.4. The van der Waals surface area contributed by atoms with E-state index >= 15 is 4.39 Å². The van der Waals surface area contributed by atoms with E-state index in [1.54, 1.807) is 0 Å². The molecule has 0 fully saturated rings. The highest BCUT2D eigenvalue weighted by Gasteiger charge is 2.43. The molecule has 0 aliphatic rings. The van der Waals surface area contributed by atoms with Crippen LogP contribution in [-0.2, 0) is 27.7 Å². The summed E-state index contributed by atoms with van der Waals surface area (Å²) in [5.41, 5.74) is 3.13. The van der Waals surface area contributed by atoms with Gasteiger partial charge in [-0.1, -0.05) is 31.2 Å². The minimum Gasteiger partial charge on any atom is -0.302 e. The highest BCUT2D eigenvalue weighted by atomic mass is 32.2. The fourth-order valence-corrected chi connectivity index (χ4v) is 4.54. The van der Waals surface area contributed by atoms with Gasteiger partial charge in [0.15, 0.2) is 14.6 Å². The highest BCUT2D eigenvalue weighted by molar-refractivity contribution is 7.92. The molecule has 2 N–H and O–H groups in total. The van der Waals surface area contributed by atoms with E-state index in [1.807, 2.05) is 31.3 Å². The van der Waals surface area contributed by atoms with Gasteiger partial charge in [-0.2, -0.15) is 0 Å². The summed E-state index contributed by atoms with van der Waals surface area (Å²) in [6.45, 7) is 4.72. The number of amides is 1. The molecule has 0 saturated carbocycles. The number of fused-ring (bicyclic) bond motifs is 1. The molecule has 1 atom stereocenters. The third-order valence-electron chi connectivity index (χ3n) is 6.40. The van der Waals surface area contributed by atoms with Crippen LogP contribution in [0.3, 0.4) is 0 Å². The van der Waals surface area contributed by atoms with Crippen LogP contribution in [0.5, 0.6) is 0 Å². The largest absolute Gasteiger partial charge is 0.302 e. The van der Waals surface area contributed by atoms with Crippen LogP contribution in [-0.4, -0.2) is 58.6 Å². The quantitative estimate of drug-likeness (QED) is 0.339. The van der Waals surface area contributed by atoms with Gasteiger partial charge in [-0.15, -0.1) is 0 Å². The number of hydroxylamine groups is 1. The summed E-state index contributed by atoms with van der Waals surface area (Å²) in [6.07, 6.45) is 1.80. The van der Waals surface area contributed by atoms with Crippen LogP contribution in [0.1, 0.15) is 25.8 Å². The van der Waals surface area contributed by atoms with Crippen LogP contribution < -0.4 is 11.0 Å². The van der Waals surface area contributed by atoms with Crippen LogP contribution in [0.15, 0.2) is 47.5 Å². The number of hydrogen-bond acceptors (Lipinski definition) is 7. The average Bonchev–Trinajstić information content (AvgIpc) is 2.82. The number of benzene rings is 2. The van der Waals surface area contributed by atoms with Gasteiger partial charge in [-0.25, -0.2) is 23.3 Å². The summed E-state index contributed by atoms with van der Waals surface area (Å²) in [6, 6.07) is 10.1. The summed E-state index contributed by atoms with van der Waals surface area (Å²) in [7, 11) is -1.91. The third kappa shape index (κ3) is 5.42. The lowest BCUT2D eigenvalue weighted by molar-refractivity contribution is -0.131. The highest BCUT2D eigenvalue weighted by Crippen LogP contribution is 2.27. The minimum atomic E-state index is -3.93. The summed E-state index contributed by atoms with van der Waals surface area (Å²) < 4.78 is 38.5. The number of halogens is 1. The Labute approximate surface area is 203 Å². The Balaban J connectivity index is 1.93. The molecule has 0 unspecified atom stereocenters. The smallest absolute Gasteiger partial charge is 0.264 e. The lowest BCUT2D eigenvalue weighted by Crippen LogP contribution is -2.50. The molecule has 3 aromatic rings. The number of carbonyl (C=O) groups is 1. The number of aryl methyl sites for hydroxylation is 1. The van der Waals surface area contributed by atoms with Gasteiger partial charge in [-0.05, 0) is 50.2 Å². The molecule has 0 aliphatic heterocycles. The molecule has 11 heteroatoms. The van der Waals surface area contributed by atoms with Crippen molar-refractivity contribution in [2.45, 2.75) is 38.1 Å². The number of hydrogen-bond donors (Lipinski definition) is 2. The van der Waals surface area contributed by atoms with E-state index in [0.717, 1.165) is 42.5 Å². The van der Waals surface area contributed by atoms with Crippen LogP contribution in [0.25, 0.3) is 22.0 Å². The van der Waals surface area contributed by atoms with Crippen molar-refractivity contribution in [3.63, 3.8) is 0 Å². The SMILES string of the molecule is CCN(C)Cc1ccc(-c2cc3ncn(CC[C@](C)(C(=O)NO)S(C)(=O)=O)c(=O)c3cc2F)cc1. The molecule has 0 saturated heterocycles. The Morgan fingerprint density at radius 3 is 2.49 bits per heavy atom. The van der Waals surface area contributed by atoms with Gasteiger partial charge in [-0.3, -0.25) is 19.4 Å². The summed E-state index contributed by atoms with van der Waals surface area (Å²) in [5.74, 6) is -1.70. The predicted octanol–water partition coefficient (Wildman–Crippen LogP) is 2.35. The molecule has 1 heterocycles. The Hall–Kier alpha value is -3.15. The van der Waals surface area contributed by atoms with E-state index in [0.29, 0.717) is 11.1 Å². The van der Waals surface area contributed by atoms with E-state index in [4.69, 9.17) is 5.21 Å². The minimum absolute atomic E-state index is 0.0302.